The Morgan fingerprint density at radius 2 is 2.16 bits per heavy atom. The van der Waals surface area contributed by atoms with Gasteiger partial charge in [0.25, 0.3) is 0 Å². The number of nitrogens with one attached hydrogen (secondary N) is 2. The van der Waals surface area contributed by atoms with Gasteiger partial charge in [-0.15, -0.1) is 0 Å². The smallest absolute Gasteiger partial charge is 0.228 e. The van der Waals surface area contributed by atoms with Crippen molar-refractivity contribution in [1.29, 1.82) is 0 Å². The van der Waals surface area contributed by atoms with E-state index < -0.39 is 0 Å². The van der Waals surface area contributed by atoms with Crippen molar-refractivity contribution >= 4 is 29.0 Å². The molecule has 4 nitrogen and oxygen atoms in total. The van der Waals surface area contributed by atoms with E-state index in [9.17, 15) is 9.59 Å². The van der Waals surface area contributed by atoms with Crippen LogP contribution in [0, 0.1) is 0 Å². The molecule has 1 aromatic carbocycles. The first-order valence-electron chi connectivity index (χ1n) is 6.55. The van der Waals surface area contributed by atoms with E-state index in [2.05, 4.69) is 10.6 Å². The van der Waals surface area contributed by atoms with Crippen molar-refractivity contribution in [2.24, 2.45) is 0 Å². The van der Waals surface area contributed by atoms with E-state index in [1.165, 1.54) is 0 Å². The molecule has 0 bridgehead atoms. The Balaban J connectivity index is 1.90. The van der Waals surface area contributed by atoms with Crippen LogP contribution >= 0.6 is 11.6 Å². The number of halogens is 1. The Hall–Kier alpha value is -1.39. The lowest BCUT2D eigenvalue weighted by Gasteiger charge is -2.22. The quantitative estimate of drug-likeness (QED) is 0.815. The highest BCUT2D eigenvalue weighted by Gasteiger charge is 2.26. The second kappa shape index (κ2) is 4.94. The maximum atomic E-state index is 12.4. The Morgan fingerprint density at radius 3 is 2.89 bits per heavy atom. The Kier molecular flexibility index (Phi) is 3.29. The number of amides is 1. The summed E-state index contributed by atoms with van der Waals surface area (Å²) in [5.74, 6) is -0.0155. The number of fused-ring (bicyclic) bond motifs is 1. The molecular formula is C14H15ClN2O2. The van der Waals surface area contributed by atoms with Crippen molar-refractivity contribution in [3.8, 4) is 0 Å². The average molecular weight is 279 g/mol. The number of ketones is 1. The summed E-state index contributed by atoms with van der Waals surface area (Å²) in [6.45, 7) is 0.874. The topological polar surface area (TPSA) is 58.2 Å². The second-order valence-corrected chi connectivity index (χ2v) is 5.49. The van der Waals surface area contributed by atoms with Crippen LogP contribution in [0.5, 0.6) is 0 Å². The summed E-state index contributed by atoms with van der Waals surface area (Å²) >= 11 is 6.17. The molecule has 1 unspecified atom stereocenters. The molecule has 1 aromatic rings. The molecule has 0 saturated carbocycles. The van der Waals surface area contributed by atoms with Gasteiger partial charge in [-0.3, -0.25) is 9.59 Å². The van der Waals surface area contributed by atoms with Gasteiger partial charge in [-0.2, -0.15) is 0 Å². The minimum Gasteiger partial charge on any atom is -0.325 e. The highest BCUT2D eigenvalue weighted by molar-refractivity contribution is 6.34. The molecule has 19 heavy (non-hydrogen) atoms. The van der Waals surface area contributed by atoms with Gasteiger partial charge < -0.3 is 10.6 Å². The van der Waals surface area contributed by atoms with E-state index in [0.29, 0.717) is 17.0 Å². The summed E-state index contributed by atoms with van der Waals surface area (Å²) < 4.78 is 0. The van der Waals surface area contributed by atoms with Crippen LogP contribution < -0.4 is 10.6 Å². The number of hydrogen-bond donors (Lipinski definition) is 2. The molecule has 1 atom stereocenters. The summed E-state index contributed by atoms with van der Waals surface area (Å²) in [6, 6.07) is 3.29. The van der Waals surface area contributed by atoms with Crippen LogP contribution in [0.3, 0.4) is 0 Å². The Labute approximate surface area is 116 Å². The maximum Gasteiger partial charge on any atom is 0.228 e. The van der Waals surface area contributed by atoms with E-state index in [-0.39, 0.29) is 17.7 Å². The second-order valence-electron chi connectivity index (χ2n) is 5.08. The molecule has 0 radical (unpaired) electrons. The largest absolute Gasteiger partial charge is 0.325 e. The maximum absolute atomic E-state index is 12.4. The minimum atomic E-state index is -0.144. The summed E-state index contributed by atoms with van der Waals surface area (Å²) in [6.07, 6.45) is 3.35. The van der Waals surface area contributed by atoms with Gasteiger partial charge in [0.2, 0.25) is 5.91 Å². The van der Waals surface area contributed by atoms with E-state index in [1.54, 1.807) is 12.1 Å². The fraction of sp³-hybridized carbons (Fsp3) is 0.429. The van der Waals surface area contributed by atoms with Gasteiger partial charge in [0.1, 0.15) is 0 Å². The van der Waals surface area contributed by atoms with Crippen molar-refractivity contribution in [2.75, 3.05) is 11.9 Å². The molecule has 2 aliphatic rings. The number of carbonyl (C=O) groups is 2. The van der Waals surface area contributed by atoms with Crippen molar-refractivity contribution < 1.29 is 9.59 Å². The normalized spacial score (nSPS) is 21.9. The molecule has 1 saturated heterocycles. The molecule has 1 fully saturated rings. The molecule has 5 heteroatoms. The minimum absolute atomic E-state index is 0.0341. The van der Waals surface area contributed by atoms with Crippen LogP contribution in [0.15, 0.2) is 12.1 Å². The molecule has 0 spiro atoms. The molecule has 0 aliphatic carbocycles. The van der Waals surface area contributed by atoms with Crippen molar-refractivity contribution in [1.82, 2.24) is 5.32 Å². The third-order valence-corrected chi connectivity index (χ3v) is 4.02. The van der Waals surface area contributed by atoms with Crippen molar-refractivity contribution in [3.63, 3.8) is 0 Å². The van der Waals surface area contributed by atoms with Crippen LogP contribution in [-0.2, 0) is 11.2 Å². The SMILES string of the molecule is O=C1Cc2cc(C(=O)C3CCCCN3)c(Cl)cc2N1. The molecule has 2 N–H and O–H groups in total. The van der Waals surface area contributed by atoms with Crippen molar-refractivity contribution in [2.45, 2.75) is 31.7 Å². The lowest BCUT2D eigenvalue weighted by atomic mass is 9.95. The number of anilines is 1. The monoisotopic (exact) mass is 278 g/mol. The van der Waals surface area contributed by atoms with Gasteiger partial charge in [-0.05, 0) is 37.1 Å². The fourth-order valence-corrected chi connectivity index (χ4v) is 2.96. The third kappa shape index (κ3) is 2.38. The summed E-state index contributed by atoms with van der Waals surface area (Å²) in [5.41, 5.74) is 2.10. The van der Waals surface area contributed by atoms with Gasteiger partial charge in [0, 0.05) is 11.3 Å². The number of piperidine rings is 1. The zero-order chi connectivity index (χ0) is 13.4. The molecule has 100 valence electrons. The van der Waals surface area contributed by atoms with Crippen molar-refractivity contribution in [3.05, 3.63) is 28.3 Å². The third-order valence-electron chi connectivity index (χ3n) is 3.71. The lowest BCUT2D eigenvalue weighted by Crippen LogP contribution is -2.40. The van der Waals surface area contributed by atoms with Crippen LogP contribution in [0.1, 0.15) is 35.2 Å². The van der Waals surface area contributed by atoms with Crippen LogP contribution in [0.4, 0.5) is 5.69 Å². The number of hydrogen-bond acceptors (Lipinski definition) is 3. The Bertz CT molecular complexity index is 551. The molecule has 2 heterocycles. The van der Waals surface area contributed by atoms with Gasteiger partial charge >= 0.3 is 0 Å². The van der Waals surface area contributed by atoms with Gasteiger partial charge in [0.05, 0.1) is 17.5 Å². The van der Waals surface area contributed by atoms with Crippen LogP contribution in [0.25, 0.3) is 0 Å². The van der Waals surface area contributed by atoms with E-state index in [1.807, 2.05) is 0 Å². The lowest BCUT2D eigenvalue weighted by molar-refractivity contribution is -0.115. The standard InChI is InChI=1S/C14H15ClN2O2/c15-10-7-12-8(6-13(18)17-12)5-9(10)14(19)11-3-1-2-4-16-11/h5,7,11,16H,1-4,6H2,(H,17,18). The molecular weight excluding hydrogens is 264 g/mol. The molecule has 1 amide bonds. The number of rotatable bonds is 2. The van der Waals surface area contributed by atoms with E-state index >= 15 is 0 Å². The van der Waals surface area contributed by atoms with Gasteiger partial charge in [-0.25, -0.2) is 0 Å². The summed E-state index contributed by atoms with van der Waals surface area (Å²) in [4.78, 5) is 23.8. The number of carbonyl (C=O) groups excluding carboxylic acids is 2. The van der Waals surface area contributed by atoms with E-state index in [0.717, 1.165) is 37.1 Å². The van der Waals surface area contributed by atoms with Gasteiger partial charge in [-0.1, -0.05) is 18.0 Å². The number of Topliss-reactive ketones (excluding diaryl/α,β-unsaturated/α-hetero) is 1. The predicted octanol–water partition coefficient (Wildman–Crippen LogP) is 2.16. The van der Waals surface area contributed by atoms with Crippen LogP contribution in [0.2, 0.25) is 5.02 Å². The first-order chi connectivity index (χ1) is 9.15. The van der Waals surface area contributed by atoms with Crippen LogP contribution in [-0.4, -0.2) is 24.3 Å². The predicted molar refractivity (Wildman–Crippen MR) is 73.8 cm³/mol. The first-order valence-corrected chi connectivity index (χ1v) is 6.93. The first kappa shape index (κ1) is 12.6. The molecule has 2 aliphatic heterocycles. The highest BCUT2D eigenvalue weighted by atomic mass is 35.5. The Morgan fingerprint density at radius 1 is 1.32 bits per heavy atom. The van der Waals surface area contributed by atoms with E-state index in [4.69, 9.17) is 11.6 Å². The highest BCUT2D eigenvalue weighted by Crippen LogP contribution is 2.31. The van der Waals surface area contributed by atoms with Gasteiger partial charge in [0.15, 0.2) is 5.78 Å². The molecule has 3 rings (SSSR count). The molecule has 0 aromatic heterocycles. The summed E-state index contributed by atoms with van der Waals surface area (Å²) in [5, 5.41) is 6.38. The fourth-order valence-electron chi connectivity index (χ4n) is 2.70. The zero-order valence-electron chi connectivity index (χ0n) is 10.5. The summed E-state index contributed by atoms with van der Waals surface area (Å²) in [7, 11) is 0. The zero-order valence-corrected chi connectivity index (χ0v) is 11.2. The number of benzene rings is 1. The average Bonchev–Trinajstić information content (AvgIpc) is 2.77.